The molecule has 0 aliphatic carbocycles. The van der Waals surface area contributed by atoms with Crippen molar-refractivity contribution in [2.75, 3.05) is 38.3 Å². The SMILES string of the molecule is COc1cc(-c2ncc(F)c(N3CCOCC3)n2)nn1Cc1ccccc1F. The molecule has 0 atom stereocenters. The smallest absolute Gasteiger partial charge is 0.212 e. The zero-order chi connectivity index (χ0) is 19.5. The molecule has 0 amide bonds. The predicted molar refractivity (Wildman–Crippen MR) is 98.3 cm³/mol. The van der Waals surface area contributed by atoms with Gasteiger partial charge in [-0.1, -0.05) is 18.2 Å². The van der Waals surface area contributed by atoms with Gasteiger partial charge in [0.1, 0.15) is 11.5 Å². The van der Waals surface area contributed by atoms with Gasteiger partial charge in [0.15, 0.2) is 17.5 Å². The first-order valence-electron chi connectivity index (χ1n) is 8.86. The van der Waals surface area contributed by atoms with Gasteiger partial charge < -0.3 is 14.4 Å². The molecule has 1 saturated heterocycles. The van der Waals surface area contributed by atoms with Gasteiger partial charge in [-0.3, -0.25) is 0 Å². The Bertz CT molecular complexity index is 973. The maximum atomic E-state index is 14.3. The number of ether oxygens (including phenoxy) is 2. The van der Waals surface area contributed by atoms with Crippen LogP contribution in [0.15, 0.2) is 36.5 Å². The number of aromatic nitrogens is 4. The quantitative estimate of drug-likeness (QED) is 0.670. The summed E-state index contributed by atoms with van der Waals surface area (Å²) >= 11 is 0. The molecule has 9 heteroatoms. The molecule has 3 aromatic rings. The van der Waals surface area contributed by atoms with E-state index in [4.69, 9.17) is 9.47 Å². The molecule has 4 rings (SSSR count). The van der Waals surface area contributed by atoms with Crippen LogP contribution in [0, 0.1) is 11.6 Å². The third kappa shape index (κ3) is 3.65. The Morgan fingerprint density at radius 3 is 2.68 bits per heavy atom. The third-order valence-corrected chi connectivity index (χ3v) is 4.50. The molecule has 0 radical (unpaired) electrons. The van der Waals surface area contributed by atoms with Gasteiger partial charge in [0, 0.05) is 24.7 Å². The normalized spacial score (nSPS) is 14.3. The van der Waals surface area contributed by atoms with Crippen LogP contribution < -0.4 is 9.64 Å². The van der Waals surface area contributed by atoms with Crippen molar-refractivity contribution in [3.63, 3.8) is 0 Å². The minimum Gasteiger partial charge on any atom is -0.481 e. The highest BCUT2D eigenvalue weighted by atomic mass is 19.1. The molecule has 0 N–H and O–H groups in total. The summed E-state index contributed by atoms with van der Waals surface area (Å²) in [6.07, 6.45) is 1.13. The Labute approximate surface area is 160 Å². The fraction of sp³-hybridized carbons (Fsp3) is 0.316. The topological polar surface area (TPSA) is 65.3 Å². The fourth-order valence-corrected chi connectivity index (χ4v) is 3.05. The number of benzene rings is 1. The van der Waals surface area contributed by atoms with Crippen LogP contribution in [0.5, 0.6) is 5.88 Å². The van der Waals surface area contributed by atoms with Crippen molar-refractivity contribution < 1.29 is 18.3 Å². The lowest BCUT2D eigenvalue weighted by molar-refractivity contribution is 0.122. The van der Waals surface area contributed by atoms with Gasteiger partial charge in [0.05, 0.1) is 33.1 Å². The highest BCUT2D eigenvalue weighted by Crippen LogP contribution is 2.25. The van der Waals surface area contributed by atoms with Gasteiger partial charge in [-0.05, 0) is 6.07 Å². The number of hydrogen-bond donors (Lipinski definition) is 0. The predicted octanol–water partition coefficient (Wildman–Crippen LogP) is 2.51. The lowest BCUT2D eigenvalue weighted by Crippen LogP contribution is -2.37. The van der Waals surface area contributed by atoms with E-state index in [1.165, 1.54) is 17.9 Å². The van der Waals surface area contributed by atoms with Crippen LogP contribution >= 0.6 is 0 Å². The molecular formula is C19H19F2N5O2. The van der Waals surface area contributed by atoms with Gasteiger partial charge in [-0.25, -0.2) is 23.4 Å². The fourth-order valence-electron chi connectivity index (χ4n) is 3.05. The molecule has 7 nitrogen and oxygen atoms in total. The number of anilines is 1. The summed E-state index contributed by atoms with van der Waals surface area (Å²) in [6, 6.07) is 8.11. The molecule has 0 saturated carbocycles. The largest absolute Gasteiger partial charge is 0.481 e. The molecule has 0 unspecified atom stereocenters. The summed E-state index contributed by atoms with van der Waals surface area (Å²) in [5, 5.41) is 4.44. The van der Waals surface area contributed by atoms with Crippen LogP contribution in [0.25, 0.3) is 11.5 Å². The minimum absolute atomic E-state index is 0.188. The molecule has 1 aromatic carbocycles. The molecule has 2 aromatic heterocycles. The maximum Gasteiger partial charge on any atom is 0.212 e. The highest BCUT2D eigenvalue weighted by molar-refractivity contribution is 5.55. The van der Waals surface area contributed by atoms with Crippen molar-refractivity contribution in [3.8, 4) is 17.4 Å². The zero-order valence-electron chi connectivity index (χ0n) is 15.3. The minimum atomic E-state index is -0.497. The molecule has 146 valence electrons. The Kier molecular flexibility index (Phi) is 5.16. The van der Waals surface area contributed by atoms with Crippen molar-refractivity contribution >= 4 is 5.82 Å². The van der Waals surface area contributed by atoms with Crippen LogP contribution in [-0.4, -0.2) is 53.2 Å². The number of methoxy groups -OCH3 is 1. The van der Waals surface area contributed by atoms with E-state index in [1.54, 1.807) is 24.3 Å². The maximum absolute atomic E-state index is 14.3. The molecular weight excluding hydrogens is 368 g/mol. The summed E-state index contributed by atoms with van der Waals surface area (Å²) in [5.41, 5.74) is 0.896. The van der Waals surface area contributed by atoms with Gasteiger partial charge in [-0.2, -0.15) is 5.10 Å². The third-order valence-electron chi connectivity index (χ3n) is 4.50. The van der Waals surface area contributed by atoms with Crippen molar-refractivity contribution in [1.29, 1.82) is 0 Å². The first-order chi connectivity index (χ1) is 13.7. The Hall–Kier alpha value is -3.07. The first-order valence-corrected chi connectivity index (χ1v) is 8.86. The summed E-state index contributed by atoms with van der Waals surface area (Å²) in [7, 11) is 1.50. The van der Waals surface area contributed by atoms with Crippen LogP contribution in [0.2, 0.25) is 0 Å². The monoisotopic (exact) mass is 387 g/mol. The average Bonchev–Trinajstić information content (AvgIpc) is 3.13. The van der Waals surface area contributed by atoms with Crippen molar-refractivity contribution in [1.82, 2.24) is 19.7 Å². The molecule has 1 aliphatic rings. The van der Waals surface area contributed by atoms with Crippen LogP contribution in [-0.2, 0) is 11.3 Å². The van der Waals surface area contributed by atoms with Crippen LogP contribution in [0.1, 0.15) is 5.56 Å². The van der Waals surface area contributed by atoms with E-state index in [0.717, 1.165) is 6.20 Å². The summed E-state index contributed by atoms with van der Waals surface area (Å²) < 4.78 is 40.4. The van der Waals surface area contributed by atoms with Crippen LogP contribution in [0.4, 0.5) is 14.6 Å². The highest BCUT2D eigenvalue weighted by Gasteiger charge is 2.20. The van der Waals surface area contributed by atoms with Crippen LogP contribution in [0.3, 0.4) is 0 Å². The van der Waals surface area contributed by atoms with E-state index in [-0.39, 0.29) is 24.0 Å². The van der Waals surface area contributed by atoms with Crippen molar-refractivity contribution in [2.24, 2.45) is 0 Å². The number of halogens is 2. The number of morpholine rings is 1. The van der Waals surface area contributed by atoms with E-state index < -0.39 is 5.82 Å². The van der Waals surface area contributed by atoms with Gasteiger partial charge in [0.25, 0.3) is 0 Å². The number of hydrogen-bond acceptors (Lipinski definition) is 6. The molecule has 0 bridgehead atoms. The van der Waals surface area contributed by atoms with Gasteiger partial charge >= 0.3 is 0 Å². The summed E-state index contributed by atoms with van der Waals surface area (Å²) in [4.78, 5) is 10.2. The van der Waals surface area contributed by atoms with E-state index in [1.807, 2.05) is 4.90 Å². The van der Waals surface area contributed by atoms with Gasteiger partial charge in [0.2, 0.25) is 5.88 Å². The lowest BCUT2D eigenvalue weighted by Gasteiger charge is -2.27. The second-order valence-electron chi connectivity index (χ2n) is 6.29. The molecule has 1 aliphatic heterocycles. The van der Waals surface area contributed by atoms with E-state index in [2.05, 4.69) is 15.1 Å². The first kappa shape index (κ1) is 18.3. The van der Waals surface area contributed by atoms with E-state index in [0.29, 0.717) is 43.4 Å². The molecule has 28 heavy (non-hydrogen) atoms. The Morgan fingerprint density at radius 1 is 1.14 bits per heavy atom. The molecule has 1 fully saturated rings. The van der Waals surface area contributed by atoms with Crippen molar-refractivity contribution in [3.05, 3.63) is 53.7 Å². The number of nitrogens with zero attached hydrogens (tertiary/aromatic N) is 5. The van der Waals surface area contributed by atoms with Crippen molar-refractivity contribution in [2.45, 2.75) is 6.54 Å². The lowest BCUT2D eigenvalue weighted by atomic mass is 10.2. The summed E-state index contributed by atoms with van der Waals surface area (Å²) in [6.45, 7) is 2.33. The second kappa shape index (κ2) is 7.89. The van der Waals surface area contributed by atoms with E-state index >= 15 is 0 Å². The standard InChI is InChI=1S/C19H19F2N5O2/c1-27-17-10-16(24-26(17)12-13-4-2-3-5-14(13)20)18-22-11-15(21)19(23-18)25-6-8-28-9-7-25/h2-5,10-11H,6-9,12H2,1H3. The van der Waals surface area contributed by atoms with E-state index in [9.17, 15) is 8.78 Å². The Balaban J connectivity index is 1.66. The second-order valence-corrected chi connectivity index (χ2v) is 6.29. The molecule has 0 spiro atoms. The Morgan fingerprint density at radius 2 is 1.93 bits per heavy atom. The average molecular weight is 387 g/mol. The number of rotatable bonds is 5. The zero-order valence-corrected chi connectivity index (χ0v) is 15.3. The van der Waals surface area contributed by atoms with Gasteiger partial charge in [-0.15, -0.1) is 0 Å². The molecule has 3 heterocycles. The summed E-state index contributed by atoms with van der Waals surface area (Å²) in [5.74, 6) is 0.0983.